The minimum Gasteiger partial charge on any atom is -0.493 e. The molecule has 0 bridgehead atoms. The van der Waals surface area contributed by atoms with Crippen molar-refractivity contribution >= 4 is 27.5 Å². The van der Waals surface area contributed by atoms with Crippen molar-refractivity contribution in [3.05, 3.63) is 82.9 Å². The number of ether oxygens (including phenoxy) is 2. The number of methoxy groups -OCH3 is 2. The van der Waals surface area contributed by atoms with E-state index in [0.717, 1.165) is 33.0 Å². The molecule has 2 atom stereocenters. The minimum absolute atomic E-state index is 0.0647. The highest BCUT2D eigenvalue weighted by atomic mass is 32.2. The Morgan fingerprint density at radius 1 is 0.884 bits per heavy atom. The van der Waals surface area contributed by atoms with Gasteiger partial charge in [0.15, 0.2) is 11.5 Å². The maximum atomic E-state index is 14.3. The number of amides is 2. The largest absolute Gasteiger partial charge is 0.493 e. The summed E-state index contributed by atoms with van der Waals surface area (Å²) in [6.07, 6.45) is 0.730. The Kier molecular flexibility index (Phi) is 11.2. The molecular formula is C33H43N3O6S. The van der Waals surface area contributed by atoms with Gasteiger partial charge < -0.3 is 19.7 Å². The molecule has 43 heavy (non-hydrogen) atoms. The molecule has 0 fully saturated rings. The molecule has 3 aromatic rings. The van der Waals surface area contributed by atoms with Crippen LogP contribution >= 0.6 is 0 Å². The van der Waals surface area contributed by atoms with Crippen LogP contribution in [0.4, 0.5) is 5.69 Å². The van der Waals surface area contributed by atoms with E-state index in [1.165, 1.54) is 37.3 Å². The molecule has 3 aromatic carbocycles. The van der Waals surface area contributed by atoms with E-state index in [9.17, 15) is 18.0 Å². The van der Waals surface area contributed by atoms with E-state index in [1.54, 1.807) is 19.1 Å². The number of hydrogen-bond donors (Lipinski definition) is 1. The summed E-state index contributed by atoms with van der Waals surface area (Å²) in [6.45, 7) is 10.8. The quantitative estimate of drug-likeness (QED) is 0.287. The van der Waals surface area contributed by atoms with Crippen LogP contribution in [-0.4, -0.2) is 58.0 Å². The van der Waals surface area contributed by atoms with Crippen LogP contribution in [0.3, 0.4) is 0 Å². The SMILES string of the molecule is CC[C@H](C)NC(=O)[C@H](C)N(Cc1ccccc1C)C(=O)CN(c1cc(C)cc(C)c1)S(=O)(=O)c1ccc(OC)c(OC)c1. The smallest absolute Gasteiger partial charge is 0.264 e. The number of sulfonamides is 1. The summed E-state index contributed by atoms with van der Waals surface area (Å²) in [4.78, 5) is 28.9. The van der Waals surface area contributed by atoms with E-state index >= 15 is 0 Å². The zero-order chi connectivity index (χ0) is 31.9. The van der Waals surface area contributed by atoms with Gasteiger partial charge in [0, 0.05) is 18.7 Å². The van der Waals surface area contributed by atoms with Crippen LogP contribution in [0.5, 0.6) is 11.5 Å². The highest BCUT2D eigenvalue weighted by molar-refractivity contribution is 7.92. The van der Waals surface area contributed by atoms with Crippen LogP contribution in [0, 0.1) is 20.8 Å². The number of nitrogens with one attached hydrogen (secondary N) is 1. The summed E-state index contributed by atoms with van der Waals surface area (Å²) >= 11 is 0. The average Bonchev–Trinajstić information content (AvgIpc) is 2.97. The molecule has 0 aliphatic carbocycles. The third-order valence-corrected chi connectivity index (χ3v) is 9.26. The fourth-order valence-electron chi connectivity index (χ4n) is 4.75. The van der Waals surface area contributed by atoms with Crippen LogP contribution in [0.25, 0.3) is 0 Å². The lowest BCUT2D eigenvalue weighted by atomic mass is 10.1. The first kappa shape index (κ1) is 33.5. The number of anilines is 1. The third-order valence-electron chi connectivity index (χ3n) is 7.49. The molecule has 0 saturated heterocycles. The van der Waals surface area contributed by atoms with Gasteiger partial charge in [0.1, 0.15) is 12.6 Å². The van der Waals surface area contributed by atoms with E-state index in [1.807, 2.05) is 65.0 Å². The molecular weight excluding hydrogens is 566 g/mol. The standard InChI is InChI=1S/C33H43N3O6S/c1-9-25(5)34-33(38)26(6)35(20-27-13-11-10-12-24(27)4)32(37)21-36(28-17-22(2)16-23(3)18-28)43(39,40)29-14-15-30(41-7)31(19-29)42-8/h10-19,25-26H,9,20-21H2,1-8H3,(H,34,38)/t25-,26-/m0/s1. The number of hydrogen-bond acceptors (Lipinski definition) is 6. The monoisotopic (exact) mass is 609 g/mol. The van der Waals surface area contributed by atoms with Crippen LogP contribution in [0.1, 0.15) is 49.4 Å². The first-order valence-corrected chi connectivity index (χ1v) is 15.7. The van der Waals surface area contributed by atoms with Crippen LogP contribution in [-0.2, 0) is 26.2 Å². The lowest BCUT2D eigenvalue weighted by Gasteiger charge is -2.33. The number of benzene rings is 3. The average molecular weight is 610 g/mol. The first-order chi connectivity index (χ1) is 20.3. The topological polar surface area (TPSA) is 105 Å². The van der Waals surface area contributed by atoms with E-state index in [-0.39, 0.29) is 29.1 Å². The van der Waals surface area contributed by atoms with E-state index in [4.69, 9.17) is 9.47 Å². The van der Waals surface area contributed by atoms with Crippen LogP contribution < -0.4 is 19.1 Å². The second-order valence-electron chi connectivity index (χ2n) is 10.8. The predicted octanol–water partition coefficient (Wildman–Crippen LogP) is 5.16. The van der Waals surface area contributed by atoms with Crippen molar-refractivity contribution in [3.63, 3.8) is 0 Å². The molecule has 0 radical (unpaired) electrons. The summed E-state index contributed by atoms with van der Waals surface area (Å²) in [5.41, 5.74) is 3.84. The Morgan fingerprint density at radius 3 is 2.09 bits per heavy atom. The van der Waals surface area contributed by atoms with Gasteiger partial charge >= 0.3 is 0 Å². The maximum Gasteiger partial charge on any atom is 0.264 e. The zero-order valence-corrected chi connectivity index (χ0v) is 27.1. The molecule has 1 N–H and O–H groups in total. The lowest BCUT2D eigenvalue weighted by Crippen LogP contribution is -2.52. The Bertz CT molecular complexity index is 1540. The molecule has 0 heterocycles. The van der Waals surface area contributed by atoms with Crippen molar-refractivity contribution < 1.29 is 27.5 Å². The zero-order valence-electron chi connectivity index (χ0n) is 26.3. The molecule has 0 aliphatic heterocycles. The fourth-order valence-corrected chi connectivity index (χ4v) is 6.16. The Labute approximate surface area is 255 Å². The van der Waals surface area contributed by atoms with Gasteiger partial charge in [-0.2, -0.15) is 0 Å². The van der Waals surface area contributed by atoms with Crippen molar-refractivity contribution in [1.82, 2.24) is 10.2 Å². The molecule has 3 rings (SSSR count). The van der Waals surface area contributed by atoms with Crippen molar-refractivity contribution in [2.24, 2.45) is 0 Å². The molecule has 10 heteroatoms. The number of carbonyl (C=O) groups is 2. The Morgan fingerprint density at radius 2 is 1.51 bits per heavy atom. The summed E-state index contributed by atoms with van der Waals surface area (Å²) in [5.74, 6) is -0.205. The van der Waals surface area contributed by atoms with Gasteiger partial charge in [0.25, 0.3) is 10.0 Å². The van der Waals surface area contributed by atoms with Crippen molar-refractivity contribution in [2.75, 3.05) is 25.1 Å². The van der Waals surface area contributed by atoms with Gasteiger partial charge in [-0.15, -0.1) is 0 Å². The van der Waals surface area contributed by atoms with Crippen LogP contribution in [0.2, 0.25) is 0 Å². The van der Waals surface area contributed by atoms with Crippen LogP contribution in [0.15, 0.2) is 65.6 Å². The van der Waals surface area contributed by atoms with Gasteiger partial charge in [0.2, 0.25) is 11.8 Å². The van der Waals surface area contributed by atoms with Gasteiger partial charge in [0.05, 0.1) is 24.8 Å². The molecule has 2 amide bonds. The molecule has 232 valence electrons. The first-order valence-electron chi connectivity index (χ1n) is 14.3. The number of carbonyl (C=O) groups excluding carboxylic acids is 2. The second-order valence-corrected chi connectivity index (χ2v) is 12.7. The Balaban J connectivity index is 2.12. The molecule has 0 unspecified atom stereocenters. The third kappa shape index (κ3) is 8.07. The highest BCUT2D eigenvalue weighted by Crippen LogP contribution is 2.33. The van der Waals surface area contributed by atoms with Crippen molar-refractivity contribution in [2.45, 2.75) is 71.5 Å². The number of nitrogens with zero attached hydrogens (tertiary/aromatic N) is 2. The van der Waals surface area contributed by atoms with E-state index in [2.05, 4.69) is 5.32 Å². The minimum atomic E-state index is -4.27. The molecule has 0 aliphatic rings. The Hall–Kier alpha value is -4.05. The second kappa shape index (κ2) is 14.4. The van der Waals surface area contributed by atoms with Gasteiger partial charge in [-0.1, -0.05) is 37.3 Å². The van der Waals surface area contributed by atoms with E-state index in [0.29, 0.717) is 11.4 Å². The normalized spacial score (nSPS) is 12.7. The van der Waals surface area contributed by atoms with E-state index < -0.39 is 28.5 Å². The maximum absolute atomic E-state index is 14.3. The van der Waals surface area contributed by atoms with Crippen molar-refractivity contribution in [1.29, 1.82) is 0 Å². The molecule has 9 nitrogen and oxygen atoms in total. The molecule has 0 spiro atoms. The summed E-state index contributed by atoms with van der Waals surface area (Å²) in [5, 5.41) is 2.95. The lowest BCUT2D eigenvalue weighted by molar-refractivity contribution is -0.139. The van der Waals surface area contributed by atoms with Gasteiger partial charge in [-0.3, -0.25) is 13.9 Å². The summed E-state index contributed by atoms with van der Waals surface area (Å²) in [6, 6.07) is 16.4. The number of rotatable bonds is 13. The number of aryl methyl sites for hydroxylation is 3. The molecule has 0 aromatic heterocycles. The van der Waals surface area contributed by atoms with Crippen molar-refractivity contribution in [3.8, 4) is 11.5 Å². The van der Waals surface area contributed by atoms with Gasteiger partial charge in [-0.25, -0.2) is 8.42 Å². The highest BCUT2D eigenvalue weighted by Gasteiger charge is 2.33. The van der Waals surface area contributed by atoms with Gasteiger partial charge in [-0.05, 0) is 87.6 Å². The summed E-state index contributed by atoms with van der Waals surface area (Å²) < 4.78 is 40.3. The molecule has 0 saturated carbocycles. The predicted molar refractivity (Wildman–Crippen MR) is 169 cm³/mol. The fraction of sp³-hybridized carbons (Fsp3) is 0.394. The summed E-state index contributed by atoms with van der Waals surface area (Å²) in [7, 11) is -1.38.